The van der Waals surface area contributed by atoms with Crippen LogP contribution in [-0.4, -0.2) is 10.7 Å². The normalized spacial score (nSPS) is 16.8. The molecule has 0 saturated heterocycles. The van der Waals surface area contributed by atoms with Crippen molar-refractivity contribution in [1.82, 2.24) is 0 Å². The van der Waals surface area contributed by atoms with Crippen LogP contribution in [-0.2, 0) is 6.42 Å². The summed E-state index contributed by atoms with van der Waals surface area (Å²) in [6, 6.07) is 1.53. The maximum absolute atomic E-state index is 12.3. The summed E-state index contributed by atoms with van der Waals surface area (Å²) in [5.41, 5.74) is 1.42. The van der Waals surface area contributed by atoms with Crippen LogP contribution < -0.4 is 10.2 Å². The fraction of sp³-hybridized carbons (Fsp3) is 0.438. The van der Waals surface area contributed by atoms with Gasteiger partial charge in [-0.15, -0.1) is 0 Å². The van der Waals surface area contributed by atoms with Gasteiger partial charge >= 0.3 is 0 Å². The molecule has 4 nitrogen and oxygen atoms in total. The number of aromatic hydroxyl groups is 1. The highest BCUT2D eigenvalue weighted by atomic mass is 16.5. The van der Waals surface area contributed by atoms with E-state index in [9.17, 15) is 9.90 Å². The van der Waals surface area contributed by atoms with Crippen molar-refractivity contribution >= 4 is 11.0 Å². The number of phenols is 1. The minimum absolute atomic E-state index is 0.0756. The Labute approximate surface area is 117 Å². The van der Waals surface area contributed by atoms with Crippen molar-refractivity contribution in [1.29, 1.82) is 0 Å². The first-order valence-electron chi connectivity index (χ1n) is 6.78. The molecule has 4 heteroatoms. The average Bonchev–Trinajstić information content (AvgIpc) is 2.34. The summed E-state index contributed by atoms with van der Waals surface area (Å²) in [7, 11) is 0. The van der Waals surface area contributed by atoms with Crippen LogP contribution >= 0.6 is 0 Å². The molecule has 0 amide bonds. The molecule has 1 aliphatic heterocycles. The van der Waals surface area contributed by atoms with Gasteiger partial charge in [-0.1, -0.05) is 0 Å². The highest BCUT2D eigenvalue weighted by Gasteiger charge is 2.30. The van der Waals surface area contributed by atoms with E-state index < -0.39 is 0 Å². The highest BCUT2D eigenvalue weighted by Crippen LogP contribution is 2.41. The Morgan fingerprint density at radius 3 is 2.70 bits per heavy atom. The van der Waals surface area contributed by atoms with Crippen LogP contribution in [0.15, 0.2) is 15.3 Å². The van der Waals surface area contributed by atoms with Gasteiger partial charge < -0.3 is 14.3 Å². The van der Waals surface area contributed by atoms with Crippen LogP contribution in [0.4, 0.5) is 0 Å². The third-order valence-electron chi connectivity index (χ3n) is 4.04. The van der Waals surface area contributed by atoms with E-state index in [2.05, 4.69) is 0 Å². The lowest BCUT2D eigenvalue weighted by molar-refractivity contribution is 0.0846. The number of hydrogen-bond acceptors (Lipinski definition) is 4. The Bertz CT molecular complexity index is 768. The summed E-state index contributed by atoms with van der Waals surface area (Å²) in [4.78, 5) is 12.3. The van der Waals surface area contributed by atoms with Gasteiger partial charge in [0.15, 0.2) is 5.43 Å². The SMILES string of the molecule is Cc1oc2c3c(cc(O)c2c(=O)c1C)OC(C)(C)CC3. The third kappa shape index (κ3) is 1.79. The highest BCUT2D eigenvalue weighted by molar-refractivity contribution is 5.88. The van der Waals surface area contributed by atoms with Gasteiger partial charge in [-0.2, -0.15) is 0 Å². The molecule has 2 heterocycles. The van der Waals surface area contributed by atoms with Gasteiger partial charge in [0.1, 0.15) is 33.8 Å². The van der Waals surface area contributed by atoms with Crippen LogP contribution in [0.5, 0.6) is 11.5 Å². The van der Waals surface area contributed by atoms with E-state index in [1.165, 1.54) is 6.07 Å². The molecule has 3 rings (SSSR count). The molecular weight excluding hydrogens is 256 g/mol. The van der Waals surface area contributed by atoms with E-state index in [1.54, 1.807) is 13.8 Å². The lowest BCUT2D eigenvalue weighted by atomic mass is 9.92. The van der Waals surface area contributed by atoms with Gasteiger partial charge in [-0.3, -0.25) is 4.79 Å². The molecule has 0 spiro atoms. The molecule has 0 unspecified atom stereocenters. The zero-order valence-electron chi connectivity index (χ0n) is 12.2. The second-order valence-electron chi connectivity index (χ2n) is 6.05. The van der Waals surface area contributed by atoms with Crippen molar-refractivity contribution in [3.05, 3.63) is 33.2 Å². The van der Waals surface area contributed by atoms with Gasteiger partial charge in [-0.25, -0.2) is 0 Å². The summed E-state index contributed by atoms with van der Waals surface area (Å²) in [6.07, 6.45) is 1.61. The molecule has 1 N–H and O–H groups in total. The van der Waals surface area contributed by atoms with Gasteiger partial charge in [0.2, 0.25) is 0 Å². The first-order chi connectivity index (χ1) is 9.30. The summed E-state index contributed by atoms with van der Waals surface area (Å²) in [6.45, 7) is 7.49. The minimum atomic E-state index is -0.271. The molecular formula is C16H18O4. The third-order valence-corrected chi connectivity index (χ3v) is 4.04. The first kappa shape index (κ1) is 13.0. The Morgan fingerprint density at radius 2 is 2.00 bits per heavy atom. The van der Waals surface area contributed by atoms with Crippen molar-refractivity contribution < 1.29 is 14.3 Å². The zero-order valence-corrected chi connectivity index (χ0v) is 12.2. The molecule has 20 heavy (non-hydrogen) atoms. The molecule has 1 aromatic carbocycles. The maximum Gasteiger partial charge on any atom is 0.199 e. The van der Waals surface area contributed by atoms with Crippen molar-refractivity contribution in [3.63, 3.8) is 0 Å². The summed E-state index contributed by atoms with van der Waals surface area (Å²) >= 11 is 0. The van der Waals surface area contributed by atoms with E-state index in [1.807, 2.05) is 13.8 Å². The van der Waals surface area contributed by atoms with Crippen LogP contribution in [0.1, 0.15) is 37.2 Å². The van der Waals surface area contributed by atoms with Crippen molar-refractivity contribution in [2.24, 2.45) is 0 Å². The molecule has 0 aliphatic carbocycles. The molecule has 0 radical (unpaired) electrons. The van der Waals surface area contributed by atoms with E-state index in [4.69, 9.17) is 9.15 Å². The predicted octanol–water partition coefficient (Wildman–Crippen LogP) is 3.22. The molecule has 1 aromatic heterocycles. The molecule has 0 saturated carbocycles. The van der Waals surface area contributed by atoms with Crippen LogP contribution in [0.25, 0.3) is 11.0 Å². The van der Waals surface area contributed by atoms with Crippen molar-refractivity contribution in [2.75, 3.05) is 0 Å². The number of hydrogen-bond donors (Lipinski definition) is 1. The standard InChI is InChI=1S/C16H18O4/c1-8-9(2)19-15-10-5-6-16(3,4)20-12(10)7-11(17)13(15)14(8)18/h7,17H,5-6H2,1-4H3. The quantitative estimate of drug-likeness (QED) is 0.801. The lowest BCUT2D eigenvalue weighted by Gasteiger charge is -2.32. The second-order valence-corrected chi connectivity index (χ2v) is 6.05. The largest absolute Gasteiger partial charge is 0.507 e. The van der Waals surface area contributed by atoms with Crippen LogP contribution in [0.3, 0.4) is 0 Å². The monoisotopic (exact) mass is 274 g/mol. The molecule has 0 fully saturated rings. The predicted molar refractivity (Wildman–Crippen MR) is 76.7 cm³/mol. The van der Waals surface area contributed by atoms with Gasteiger partial charge in [0, 0.05) is 17.2 Å². The molecule has 1 aliphatic rings. The smallest absolute Gasteiger partial charge is 0.199 e. The number of benzene rings is 1. The molecule has 0 bridgehead atoms. The van der Waals surface area contributed by atoms with Crippen molar-refractivity contribution in [3.8, 4) is 11.5 Å². The summed E-state index contributed by atoms with van der Waals surface area (Å²) in [5, 5.41) is 10.4. The topological polar surface area (TPSA) is 59.7 Å². The minimum Gasteiger partial charge on any atom is -0.507 e. The molecule has 0 atom stereocenters. The first-order valence-corrected chi connectivity index (χ1v) is 6.78. The number of phenolic OH excluding ortho intramolecular Hbond substituents is 1. The van der Waals surface area contributed by atoms with E-state index in [-0.39, 0.29) is 22.2 Å². The van der Waals surface area contributed by atoms with E-state index in [0.29, 0.717) is 22.7 Å². The summed E-state index contributed by atoms with van der Waals surface area (Å²) < 4.78 is 11.7. The number of fused-ring (bicyclic) bond motifs is 3. The Morgan fingerprint density at radius 1 is 1.30 bits per heavy atom. The lowest BCUT2D eigenvalue weighted by Crippen LogP contribution is -2.32. The van der Waals surface area contributed by atoms with E-state index >= 15 is 0 Å². The number of rotatable bonds is 0. The Balaban J connectivity index is 2.40. The maximum atomic E-state index is 12.3. The van der Waals surface area contributed by atoms with Crippen LogP contribution in [0, 0.1) is 13.8 Å². The van der Waals surface area contributed by atoms with Gasteiger partial charge in [0.05, 0.1) is 0 Å². The molecule has 106 valence electrons. The summed E-state index contributed by atoms with van der Waals surface area (Å²) in [5.74, 6) is 1.12. The molecule has 2 aromatic rings. The Hall–Kier alpha value is -1.97. The van der Waals surface area contributed by atoms with Gasteiger partial charge in [-0.05, 0) is 40.5 Å². The Kier molecular flexibility index (Phi) is 2.61. The average molecular weight is 274 g/mol. The second kappa shape index (κ2) is 4.01. The van der Waals surface area contributed by atoms with Gasteiger partial charge in [0.25, 0.3) is 0 Å². The van der Waals surface area contributed by atoms with Crippen molar-refractivity contribution in [2.45, 2.75) is 46.1 Å². The number of aryl methyl sites for hydroxylation is 2. The fourth-order valence-electron chi connectivity index (χ4n) is 2.67. The fourth-order valence-corrected chi connectivity index (χ4v) is 2.67. The zero-order chi connectivity index (χ0) is 14.7. The van der Waals surface area contributed by atoms with E-state index in [0.717, 1.165) is 18.4 Å². The van der Waals surface area contributed by atoms with Crippen LogP contribution in [0.2, 0.25) is 0 Å². The number of ether oxygens (including phenoxy) is 1.